The minimum Gasteiger partial charge on any atom is -0.480 e. The van der Waals surface area contributed by atoms with E-state index < -0.39 is 24.5 Å². The lowest BCUT2D eigenvalue weighted by molar-refractivity contribution is -0.146. The minimum absolute atomic E-state index is 0.100. The number of rotatable bonds is 4. The van der Waals surface area contributed by atoms with Gasteiger partial charge in [0.15, 0.2) is 17.5 Å². The first kappa shape index (κ1) is 15.8. The predicted octanol–water partition coefficient (Wildman–Crippen LogP) is 1.06. The van der Waals surface area contributed by atoms with E-state index in [2.05, 4.69) is 0 Å². The number of aliphatic hydroxyl groups excluding tert-OH is 1. The molecule has 0 aromatic heterocycles. The zero-order valence-corrected chi connectivity index (χ0v) is 13.2. The van der Waals surface area contributed by atoms with Gasteiger partial charge in [0.2, 0.25) is 6.79 Å². The molecule has 2 N–H and O–H groups in total. The van der Waals surface area contributed by atoms with E-state index in [4.69, 9.17) is 26.8 Å². The number of fused-ring (bicyclic) bond motifs is 1. The SMILES string of the molecule is O=C(O)[C@@H](CO)N1C(=O)/C(=C/c2ccc3c(c2)OCO3)SC1=S. The Kier molecular flexibility index (Phi) is 4.24. The number of thioether (sulfide) groups is 1. The lowest BCUT2D eigenvalue weighted by Gasteiger charge is -2.20. The van der Waals surface area contributed by atoms with Crippen molar-refractivity contribution >= 4 is 46.3 Å². The summed E-state index contributed by atoms with van der Waals surface area (Å²) in [6.45, 7) is -0.559. The van der Waals surface area contributed by atoms with Gasteiger partial charge in [-0.1, -0.05) is 30.0 Å². The molecule has 2 aliphatic rings. The van der Waals surface area contributed by atoms with Crippen molar-refractivity contribution in [2.45, 2.75) is 6.04 Å². The minimum atomic E-state index is -1.38. The molecule has 23 heavy (non-hydrogen) atoms. The van der Waals surface area contributed by atoms with Crippen molar-refractivity contribution in [1.29, 1.82) is 0 Å². The van der Waals surface area contributed by atoms with Crippen LogP contribution < -0.4 is 9.47 Å². The molecule has 1 aromatic carbocycles. The molecule has 0 aliphatic carbocycles. The largest absolute Gasteiger partial charge is 0.480 e. The molecule has 0 spiro atoms. The molecule has 1 atom stereocenters. The standard InChI is InChI=1S/C14H11NO6S2/c16-5-8(13(18)19)15-12(17)11(23-14(15)22)4-7-1-2-9-10(3-7)21-6-20-9/h1-4,8,16H,5-6H2,(H,18,19)/b11-4-/t8-/m1/s1. The maximum absolute atomic E-state index is 12.4. The molecule has 120 valence electrons. The molecule has 3 rings (SSSR count). The van der Waals surface area contributed by atoms with Gasteiger partial charge in [-0.3, -0.25) is 9.69 Å². The zero-order valence-electron chi connectivity index (χ0n) is 11.6. The number of thiocarbonyl (C=S) groups is 1. The number of carbonyl (C=O) groups is 2. The topological polar surface area (TPSA) is 96.3 Å². The first-order chi connectivity index (χ1) is 11.0. The Morgan fingerprint density at radius 3 is 2.87 bits per heavy atom. The van der Waals surface area contributed by atoms with Gasteiger partial charge in [-0.25, -0.2) is 4.79 Å². The number of carboxylic acid groups (broad SMARTS) is 1. The fourth-order valence-electron chi connectivity index (χ4n) is 2.17. The van der Waals surface area contributed by atoms with Crippen molar-refractivity contribution in [3.05, 3.63) is 28.7 Å². The lowest BCUT2D eigenvalue weighted by atomic mass is 10.2. The number of ether oxygens (including phenoxy) is 2. The first-order valence-electron chi connectivity index (χ1n) is 6.51. The van der Waals surface area contributed by atoms with Gasteiger partial charge < -0.3 is 19.7 Å². The molecule has 1 fully saturated rings. The molecule has 1 saturated heterocycles. The van der Waals surface area contributed by atoms with Crippen LogP contribution in [0, 0.1) is 0 Å². The Balaban J connectivity index is 1.88. The highest BCUT2D eigenvalue weighted by Crippen LogP contribution is 2.37. The quantitative estimate of drug-likeness (QED) is 0.613. The molecule has 0 unspecified atom stereocenters. The highest BCUT2D eigenvalue weighted by atomic mass is 32.2. The van der Waals surface area contributed by atoms with E-state index in [1.807, 2.05) is 0 Å². The number of aliphatic carboxylic acids is 1. The molecule has 0 radical (unpaired) electrons. The summed E-state index contributed by atoms with van der Waals surface area (Å²) in [5, 5.41) is 18.3. The smallest absolute Gasteiger partial charge is 0.329 e. The molecule has 7 nitrogen and oxygen atoms in total. The van der Waals surface area contributed by atoms with Gasteiger partial charge in [0.05, 0.1) is 11.5 Å². The highest BCUT2D eigenvalue weighted by Gasteiger charge is 2.40. The maximum Gasteiger partial charge on any atom is 0.329 e. The number of carbonyl (C=O) groups excluding carboxylic acids is 1. The average Bonchev–Trinajstić information content (AvgIpc) is 3.07. The number of hydrogen-bond acceptors (Lipinski definition) is 7. The molecule has 0 saturated carbocycles. The van der Waals surface area contributed by atoms with Crippen LogP contribution in [0.2, 0.25) is 0 Å². The molecule has 2 heterocycles. The molecule has 0 bridgehead atoms. The number of aliphatic hydroxyl groups is 1. The number of nitrogens with zero attached hydrogens (tertiary/aromatic N) is 1. The average molecular weight is 353 g/mol. The predicted molar refractivity (Wildman–Crippen MR) is 86.1 cm³/mol. The van der Waals surface area contributed by atoms with Crippen LogP contribution >= 0.6 is 24.0 Å². The molecule has 1 amide bonds. The highest BCUT2D eigenvalue weighted by molar-refractivity contribution is 8.26. The van der Waals surface area contributed by atoms with Crippen LogP contribution in [0.15, 0.2) is 23.1 Å². The zero-order chi connectivity index (χ0) is 16.6. The van der Waals surface area contributed by atoms with Crippen LogP contribution in [0.1, 0.15) is 5.56 Å². The number of hydrogen-bond donors (Lipinski definition) is 2. The Bertz CT molecular complexity index is 732. The van der Waals surface area contributed by atoms with Crippen molar-refractivity contribution in [3.8, 4) is 11.5 Å². The van der Waals surface area contributed by atoms with Crippen molar-refractivity contribution < 1.29 is 29.3 Å². The Hall–Kier alpha value is -2.10. The van der Waals surface area contributed by atoms with Crippen LogP contribution in [0.4, 0.5) is 0 Å². The van der Waals surface area contributed by atoms with Gasteiger partial charge in [0.25, 0.3) is 5.91 Å². The second-order valence-corrected chi connectivity index (χ2v) is 6.38. The monoisotopic (exact) mass is 353 g/mol. The van der Waals surface area contributed by atoms with Crippen molar-refractivity contribution in [2.75, 3.05) is 13.4 Å². The van der Waals surface area contributed by atoms with E-state index in [0.717, 1.165) is 16.7 Å². The maximum atomic E-state index is 12.4. The third kappa shape index (κ3) is 2.90. The summed E-state index contributed by atoms with van der Waals surface area (Å²) < 4.78 is 10.6. The van der Waals surface area contributed by atoms with Gasteiger partial charge >= 0.3 is 5.97 Å². The van der Waals surface area contributed by atoms with Crippen LogP contribution in [-0.2, 0) is 9.59 Å². The van der Waals surface area contributed by atoms with Gasteiger partial charge in [0, 0.05) is 0 Å². The van der Waals surface area contributed by atoms with Gasteiger partial charge in [0.1, 0.15) is 4.32 Å². The van der Waals surface area contributed by atoms with E-state index in [9.17, 15) is 14.7 Å². The van der Waals surface area contributed by atoms with E-state index in [1.54, 1.807) is 24.3 Å². The Morgan fingerprint density at radius 1 is 1.43 bits per heavy atom. The summed E-state index contributed by atoms with van der Waals surface area (Å²) in [6, 6.07) is 3.81. The van der Waals surface area contributed by atoms with Crippen molar-refractivity contribution in [2.24, 2.45) is 0 Å². The molecule has 9 heteroatoms. The molecule has 2 aliphatic heterocycles. The summed E-state index contributed by atoms with van der Waals surface area (Å²) in [4.78, 5) is 24.7. The summed E-state index contributed by atoms with van der Waals surface area (Å²) >= 11 is 6.05. The van der Waals surface area contributed by atoms with Gasteiger partial charge in [-0.05, 0) is 23.8 Å². The second-order valence-electron chi connectivity index (χ2n) is 4.70. The van der Waals surface area contributed by atoms with Gasteiger partial charge in [-0.15, -0.1) is 0 Å². The third-order valence-corrected chi connectivity index (χ3v) is 4.62. The molecular weight excluding hydrogens is 342 g/mol. The van der Waals surface area contributed by atoms with Crippen LogP contribution in [0.5, 0.6) is 11.5 Å². The van der Waals surface area contributed by atoms with Crippen LogP contribution in [-0.4, -0.2) is 50.8 Å². The van der Waals surface area contributed by atoms with Crippen LogP contribution in [0.3, 0.4) is 0 Å². The fraction of sp³-hybridized carbons (Fsp3) is 0.214. The molecular formula is C14H11NO6S2. The number of amides is 1. The van der Waals surface area contributed by atoms with E-state index in [1.165, 1.54) is 0 Å². The summed E-state index contributed by atoms with van der Waals surface area (Å²) in [5.41, 5.74) is 0.700. The van der Waals surface area contributed by atoms with Crippen molar-refractivity contribution in [3.63, 3.8) is 0 Å². The normalized spacial score (nSPS) is 19.5. The number of benzene rings is 1. The second kappa shape index (κ2) is 6.19. The fourth-order valence-corrected chi connectivity index (χ4v) is 3.53. The number of carboxylic acids is 1. The van der Waals surface area contributed by atoms with E-state index in [-0.39, 0.29) is 16.0 Å². The summed E-state index contributed by atoms with van der Waals surface area (Å²) in [5.74, 6) is -0.652. The molecule has 1 aromatic rings. The first-order valence-corrected chi connectivity index (χ1v) is 7.74. The summed E-state index contributed by atoms with van der Waals surface area (Å²) in [7, 11) is 0. The van der Waals surface area contributed by atoms with E-state index >= 15 is 0 Å². The van der Waals surface area contributed by atoms with Crippen LogP contribution in [0.25, 0.3) is 6.08 Å². The van der Waals surface area contributed by atoms with Crippen molar-refractivity contribution in [1.82, 2.24) is 4.90 Å². The van der Waals surface area contributed by atoms with Gasteiger partial charge in [-0.2, -0.15) is 0 Å². The summed E-state index contributed by atoms with van der Waals surface area (Å²) in [6.07, 6.45) is 1.59. The Labute approximate surface area is 140 Å². The van der Waals surface area contributed by atoms with E-state index in [0.29, 0.717) is 17.1 Å². The lowest BCUT2D eigenvalue weighted by Crippen LogP contribution is -2.46. The Morgan fingerprint density at radius 2 is 2.17 bits per heavy atom. The third-order valence-electron chi connectivity index (χ3n) is 3.29.